The van der Waals surface area contributed by atoms with E-state index >= 15 is 0 Å². The lowest BCUT2D eigenvalue weighted by molar-refractivity contribution is -0.141. The molecule has 0 heterocycles. The van der Waals surface area contributed by atoms with Crippen LogP contribution in [0.5, 0.6) is 0 Å². The van der Waals surface area contributed by atoms with Crippen molar-refractivity contribution < 1.29 is 14.7 Å². The molecule has 2 rings (SSSR count). The number of hydrogen-bond donors (Lipinski definition) is 2. The molecule has 0 aliphatic carbocycles. The second-order valence-corrected chi connectivity index (χ2v) is 5.69. The molecule has 2 N–H and O–H groups in total. The molecule has 2 aromatic carbocycles. The van der Waals surface area contributed by atoms with E-state index < -0.39 is 11.9 Å². The van der Waals surface area contributed by atoms with E-state index in [-0.39, 0.29) is 18.9 Å². The second-order valence-electron chi connectivity index (χ2n) is 5.69. The molecule has 0 aliphatic rings. The highest BCUT2D eigenvalue weighted by Gasteiger charge is 2.19. The number of hydrogen-bond acceptors (Lipinski definition) is 2. The van der Waals surface area contributed by atoms with Gasteiger partial charge in [-0.05, 0) is 24.5 Å². The van der Waals surface area contributed by atoms with E-state index in [4.69, 9.17) is 0 Å². The van der Waals surface area contributed by atoms with E-state index in [1.807, 2.05) is 61.5 Å². The van der Waals surface area contributed by atoms with Crippen molar-refractivity contribution in [2.24, 2.45) is 5.92 Å². The van der Waals surface area contributed by atoms with Crippen LogP contribution >= 0.6 is 0 Å². The standard InChI is InChI=1S/C19H21NO3/c1-14-6-5-9-16(10-14)11-17(19(22)23)13-20-18(21)12-15-7-3-2-4-8-15/h2-10,17H,11-13H2,1H3,(H,20,21)(H,22,23). The molecule has 120 valence electrons. The molecule has 0 aromatic heterocycles. The van der Waals surface area contributed by atoms with Crippen molar-refractivity contribution in [1.82, 2.24) is 5.32 Å². The molecule has 0 spiro atoms. The number of aryl methyl sites for hydroxylation is 1. The molecule has 1 amide bonds. The molecule has 0 fully saturated rings. The van der Waals surface area contributed by atoms with Crippen LogP contribution in [-0.2, 0) is 22.4 Å². The van der Waals surface area contributed by atoms with E-state index in [2.05, 4.69) is 5.32 Å². The molecule has 0 aliphatic heterocycles. The van der Waals surface area contributed by atoms with Crippen LogP contribution in [0.2, 0.25) is 0 Å². The van der Waals surface area contributed by atoms with Crippen molar-refractivity contribution in [2.75, 3.05) is 6.54 Å². The lowest BCUT2D eigenvalue weighted by Gasteiger charge is -2.14. The summed E-state index contributed by atoms with van der Waals surface area (Å²) in [5.41, 5.74) is 2.98. The lowest BCUT2D eigenvalue weighted by Crippen LogP contribution is -2.34. The molecule has 0 saturated heterocycles. The monoisotopic (exact) mass is 311 g/mol. The summed E-state index contributed by atoms with van der Waals surface area (Å²) in [5, 5.41) is 12.1. The van der Waals surface area contributed by atoms with Gasteiger partial charge in [0.25, 0.3) is 0 Å². The van der Waals surface area contributed by atoms with Gasteiger partial charge in [0.2, 0.25) is 5.91 Å². The Hall–Kier alpha value is -2.62. The summed E-state index contributed by atoms with van der Waals surface area (Å²) in [6.45, 7) is 2.11. The fraction of sp³-hybridized carbons (Fsp3) is 0.263. The van der Waals surface area contributed by atoms with Gasteiger partial charge in [-0.3, -0.25) is 9.59 Å². The van der Waals surface area contributed by atoms with Crippen molar-refractivity contribution in [2.45, 2.75) is 19.8 Å². The van der Waals surface area contributed by atoms with Crippen LogP contribution in [0.1, 0.15) is 16.7 Å². The molecule has 0 saturated carbocycles. The fourth-order valence-electron chi connectivity index (χ4n) is 2.45. The number of carbonyl (C=O) groups is 2. The van der Waals surface area contributed by atoms with Gasteiger partial charge >= 0.3 is 5.97 Å². The van der Waals surface area contributed by atoms with E-state index in [1.54, 1.807) is 0 Å². The number of carbonyl (C=O) groups excluding carboxylic acids is 1. The van der Waals surface area contributed by atoms with Crippen molar-refractivity contribution in [3.8, 4) is 0 Å². The Morgan fingerprint density at radius 1 is 1.04 bits per heavy atom. The summed E-state index contributed by atoms with van der Waals surface area (Å²) >= 11 is 0. The smallest absolute Gasteiger partial charge is 0.308 e. The number of carboxylic acids is 1. The van der Waals surface area contributed by atoms with Gasteiger partial charge in [0, 0.05) is 6.54 Å². The minimum atomic E-state index is -0.897. The fourth-order valence-corrected chi connectivity index (χ4v) is 2.45. The zero-order valence-electron chi connectivity index (χ0n) is 13.2. The molecule has 0 radical (unpaired) electrons. The maximum absolute atomic E-state index is 11.9. The molecule has 0 bridgehead atoms. The van der Waals surface area contributed by atoms with Crippen molar-refractivity contribution in [3.05, 3.63) is 71.3 Å². The largest absolute Gasteiger partial charge is 0.481 e. The molecule has 2 aromatic rings. The van der Waals surface area contributed by atoms with Crippen LogP contribution in [0.4, 0.5) is 0 Å². The van der Waals surface area contributed by atoms with Gasteiger partial charge in [-0.15, -0.1) is 0 Å². The Morgan fingerprint density at radius 2 is 1.74 bits per heavy atom. The van der Waals surface area contributed by atoms with Crippen LogP contribution in [0.25, 0.3) is 0 Å². The Morgan fingerprint density at radius 3 is 2.39 bits per heavy atom. The van der Waals surface area contributed by atoms with E-state index in [9.17, 15) is 14.7 Å². The number of carboxylic acid groups (broad SMARTS) is 1. The van der Waals surface area contributed by atoms with Crippen LogP contribution in [0.15, 0.2) is 54.6 Å². The maximum Gasteiger partial charge on any atom is 0.308 e. The van der Waals surface area contributed by atoms with Gasteiger partial charge in [-0.1, -0.05) is 60.2 Å². The molecule has 1 atom stereocenters. The third-order valence-electron chi connectivity index (χ3n) is 3.67. The summed E-state index contributed by atoms with van der Waals surface area (Å²) in [5.74, 6) is -1.69. The van der Waals surface area contributed by atoms with Gasteiger partial charge in [-0.2, -0.15) is 0 Å². The third-order valence-corrected chi connectivity index (χ3v) is 3.67. The number of benzene rings is 2. The first kappa shape index (κ1) is 16.7. The first-order valence-corrected chi connectivity index (χ1v) is 7.63. The Balaban J connectivity index is 1.89. The van der Waals surface area contributed by atoms with Crippen molar-refractivity contribution in [1.29, 1.82) is 0 Å². The Labute approximate surface area is 136 Å². The molecular formula is C19H21NO3. The SMILES string of the molecule is Cc1cccc(CC(CNC(=O)Cc2ccccc2)C(=O)O)c1. The summed E-state index contributed by atoms with van der Waals surface area (Å²) in [6, 6.07) is 17.2. The average molecular weight is 311 g/mol. The number of amides is 1. The molecule has 1 unspecified atom stereocenters. The van der Waals surface area contributed by atoms with Gasteiger partial charge < -0.3 is 10.4 Å². The molecule has 4 heteroatoms. The highest BCUT2D eigenvalue weighted by Crippen LogP contribution is 2.11. The predicted octanol–water partition coefficient (Wildman–Crippen LogP) is 2.60. The topological polar surface area (TPSA) is 66.4 Å². The van der Waals surface area contributed by atoms with Crippen LogP contribution in [0.3, 0.4) is 0 Å². The summed E-state index contributed by atoms with van der Waals surface area (Å²) < 4.78 is 0. The molecular weight excluding hydrogens is 290 g/mol. The normalized spacial score (nSPS) is 11.7. The second kappa shape index (κ2) is 8.13. The molecule has 23 heavy (non-hydrogen) atoms. The Kier molecular flexibility index (Phi) is 5.92. The molecule has 4 nitrogen and oxygen atoms in total. The zero-order valence-corrected chi connectivity index (χ0v) is 13.2. The maximum atomic E-state index is 11.9. The summed E-state index contributed by atoms with van der Waals surface area (Å²) in [6.07, 6.45) is 0.667. The zero-order chi connectivity index (χ0) is 16.7. The van der Waals surface area contributed by atoms with E-state index in [1.165, 1.54) is 0 Å². The minimum Gasteiger partial charge on any atom is -0.481 e. The van der Waals surface area contributed by atoms with E-state index in [0.29, 0.717) is 6.42 Å². The minimum absolute atomic E-state index is 0.134. The highest BCUT2D eigenvalue weighted by atomic mass is 16.4. The van der Waals surface area contributed by atoms with Gasteiger partial charge in [-0.25, -0.2) is 0 Å². The van der Waals surface area contributed by atoms with Crippen LogP contribution < -0.4 is 5.32 Å². The van der Waals surface area contributed by atoms with Gasteiger partial charge in [0.15, 0.2) is 0 Å². The third kappa shape index (κ3) is 5.58. The Bertz CT molecular complexity index is 667. The van der Waals surface area contributed by atoms with Crippen LogP contribution in [0, 0.1) is 12.8 Å². The summed E-state index contributed by atoms with van der Waals surface area (Å²) in [4.78, 5) is 23.4. The van der Waals surface area contributed by atoms with Gasteiger partial charge in [0.05, 0.1) is 12.3 Å². The highest BCUT2D eigenvalue weighted by molar-refractivity contribution is 5.79. The van der Waals surface area contributed by atoms with Crippen LogP contribution in [-0.4, -0.2) is 23.5 Å². The summed E-state index contributed by atoms with van der Waals surface area (Å²) in [7, 11) is 0. The number of rotatable bonds is 7. The first-order chi connectivity index (χ1) is 11.0. The van der Waals surface area contributed by atoms with Gasteiger partial charge in [0.1, 0.15) is 0 Å². The van der Waals surface area contributed by atoms with E-state index in [0.717, 1.165) is 16.7 Å². The quantitative estimate of drug-likeness (QED) is 0.826. The first-order valence-electron chi connectivity index (χ1n) is 7.63. The number of aliphatic carboxylic acids is 1. The van der Waals surface area contributed by atoms with Crippen molar-refractivity contribution >= 4 is 11.9 Å². The predicted molar refractivity (Wildman–Crippen MR) is 89.2 cm³/mol. The van der Waals surface area contributed by atoms with Crippen molar-refractivity contribution in [3.63, 3.8) is 0 Å². The number of nitrogens with one attached hydrogen (secondary N) is 1. The average Bonchev–Trinajstić information content (AvgIpc) is 2.52. The lowest BCUT2D eigenvalue weighted by atomic mass is 9.98.